The molecule has 0 aliphatic heterocycles. The summed E-state index contributed by atoms with van der Waals surface area (Å²) in [5.41, 5.74) is 4.17. The van der Waals surface area contributed by atoms with Crippen molar-refractivity contribution in [2.75, 3.05) is 12.4 Å². The lowest BCUT2D eigenvalue weighted by molar-refractivity contribution is 0.281. The minimum absolute atomic E-state index is 0.491. The SMILES string of the molecule is COc1cccc(CNc2ccc(C)c(Cl)c2)c1OCc1ccccc1. The average Bonchev–Trinajstić information content (AvgIpc) is 2.68. The molecule has 0 unspecified atom stereocenters. The van der Waals surface area contributed by atoms with E-state index in [1.54, 1.807) is 7.11 Å². The highest BCUT2D eigenvalue weighted by atomic mass is 35.5. The standard InChI is InChI=1S/C22H22ClNO2/c1-16-11-12-19(13-20(16)23)24-14-18-9-6-10-21(25-2)22(18)26-15-17-7-4-3-5-8-17/h3-13,24H,14-15H2,1-2H3. The number of rotatable bonds is 7. The van der Waals surface area contributed by atoms with E-state index in [1.807, 2.05) is 73.7 Å². The van der Waals surface area contributed by atoms with Crippen molar-refractivity contribution < 1.29 is 9.47 Å². The molecule has 0 radical (unpaired) electrons. The van der Waals surface area contributed by atoms with E-state index in [2.05, 4.69) is 5.32 Å². The first-order chi connectivity index (χ1) is 12.7. The monoisotopic (exact) mass is 367 g/mol. The smallest absolute Gasteiger partial charge is 0.166 e. The van der Waals surface area contributed by atoms with E-state index < -0.39 is 0 Å². The molecule has 0 aromatic heterocycles. The maximum Gasteiger partial charge on any atom is 0.166 e. The van der Waals surface area contributed by atoms with Crippen molar-refractivity contribution in [3.05, 3.63) is 88.4 Å². The predicted octanol–water partition coefficient (Wildman–Crippen LogP) is 5.85. The number of para-hydroxylation sites is 1. The Morgan fingerprint density at radius 1 is 0.962 bits per heavy atom. The summed E-state index contributed by atoms with van der Waals surface area (Å²) in [4.78, 5) is 0. The van der Waals surface area contributed by atoms with Gasteiger partial charge in [0.2, 0.25) is 0 Å². The highest BCUT2D eigenvalue weighted by molar-refractivity contribution is 6.31. The van der Waals surface area contributed by atoms with Crippen LogP contribution in [0.3, 0.4) is 0 Å². The van der Waals surface area contributed by atoms with Gasteiger partial charge in [0.25, 0.3) is 0 Å². The first-order valence-electron chi connectivity index (χ1n) is 8.50. The first kappa shape index (κ1) is 18.2. The quantitative estimate of drug-likeness (QED) is 0.568. The molecular weight excluding hydrogens is 346 g/mol. The van der Waals surface area contributed by atoms with Crippen molar-refractivity contribution >= 4 is 17.3 Å². The molecule has 3 nitrogen and oxygen atoms in total. The molecule has 0 bridgehead atoms. The van der Waals surface area contributed by atoms with Gasteiger partial charge in [0.05, 0.1) is 7.11 Å². The molecule has 3 aromatic rings. The van der Waals surface area contributed by atoms with Crippen LogP contribution >= 0.6 is 11.6 Å². The first-order valence-corrected chi connectivity index (χ1v) is 8.88. The Labute approximate surface area is 159 Å². The van der Waals surface area contributed by atoms with Gasteiger partial charge < -0.3 is 14.8 Å². The van der Waals surface area contributed by atoms with Crippen LogP contribution < -0.4 is 14.8 Å². The summed E-state index contributed by atoms with van der Waals surface area (Å²) >= 11 is 6.21. The molecule has 0 atom stereocenters. The maximum absolute atomic E-state index is 6.21. The van der Waals surface area contributed by atoms with Crippen LogP contribution in [0.25, 0.3) is 0 Å². The van der Waals surface area contributed by atoms with Crippen LogP contribution in [0.15, 0.2) is 66.7 Å². The van der Waals surface area contributed by atoms with Gasteiger partial charge in [-0.1, -0.05) is 60.1 Å². The fourth-order valence-corrected chi connectivity index (χ4v) is 2.84. The Hall–Kier alpha value is -2.65. The van der Waals surface area contributed by atoms with E-state index in [0.29, 0.717) is 13.2 Å². The highest BCUT2D eigenvalue weighted by Crippen LogP contribution is 2.32. The number of nitrogens with one attached hydrogen (secondary N) is 1. The lowest BCUT2D eigenvalue weighted by atomic mass is 10.1. The Balaban J connectivity index is 1.76. The van der Waals surface area contributed by atoms with E-state index in [9.17, 15) is 0 Å². The van der Waals surface area contributed by atoms with Crippen molar-refractivity contribution in [2.24, 2.45) is 0 Å². The van der Waals surface area contributed by atoms with E-state index in [1.165, 1.54) is 0 Å². The molecule has 0 aliphatic carbocycles. The molecule has 26 heavy (non-hydrogen) atoms. The van der Waals surface area contributed by atoms with Crippen LogP contribution in [-0.2, 0) is 13.2 Å². The summed E-state index contributed by atoms with van der Waals surface area (Å²) in [5.74, 6) is 1.48. The minimum atomic E-state index is 0.491. The highest BCUT2D eigenvalue weighted by Gasteiger charge is 2.11. The third-order valence-corrected chi connectivity index (χ3v) is 4.57. The predicted molar refractivity (Wildman–Crippen MR) is 107 cm³/mol. The van der Waals surface area contributed by atoms with E-state index in [4.69, 9.17) is 21.1 Å². The van der Waals surface area contributed by atoms with Gasteiger partial charge in [-0.15, -0.1) is 0 Å². The van der Waals surface area contributed by atoms with Crippen LogP contribution in [-0.4, -0.2) is 7.11 Å². The van der Waals surface area contributed by atoms with Gasteiger partial charge >= 0.3 is 0 Å². The van der Waals surface area contributed by atoms with Gasteiger partial charge in [0.15, 0.2) is 11.5 Å². The number of anilines is 1. The van der Waals surface area contributed by atoms with Crippen molar-refractivity contribution in [3.63, 3.8) is 0 Å². The molecule has 134 valence electrons. The average molecular weight is 368 g/mol. The molecule has 0 heterocycles. The number of halogens is 1. The lowest BCUT2D eigenvalue weighted by Gasteiger charge is -2.16. The van der Waals surface area contributed by atoms with Crippen LogP contribution in [0.5, 0.6) is 11.5 Å². The summed E-state index contributed by atoms with van der Waals surface area (Å²) in [5, 5.41) is 4.15. The number of aryl methyl sites for hydroxylation is 1. The van der Waals surface area contributed by atoms with Crippen LogP contribution in [0.4, 0.5) is 5.69 Å². The molecule has 0 saturated carbocycles. The molecular formula is C22H22ClNO2. The van der Waals surface area contributed by atoms with Crippen molar-refractivity contribution in [2.45, 2.75) is 20.1 Å². The lowest BCUT2D eigenvalue weighted by Crippen LogP contribution is -2.05. The molecule has 3 aromatic carbocycles. The number of hydrogen-bond donors (Lipinski definition) is 1. The van der Waals surface area contributed by atoms with Gasteiger partial charge in [-0.25, -0.2) is 0 Å². The molecule has 0 saturated heterocycles. The van der Waals surface area contributed by atoms with Crippen molar-refractivity contribution in [1.82, 2.24) is 0 Å². The summed E-state index contributed by atoms with van der Waals surface area (Å²) < 4.78 is 11.6. The normalized spacial score (nSPS) is 10.4. The van der Waals surface area contributed by atoms with Crippen molar-refractivity contribution in [1.29, 1.82) is 0 Å². The third-order valence-electron chi connectivity index (χ3n) is 4.16. The van der Waals surface area contributed by atoms with E-state index >= 15 is 0 Å². The number of hydrogen-bond acceptors (Lipinski definition) is 3. The number of ether oxygens (including phenoxy) is 2. The van der Waals surface area contributed by atoms with Crippen molar-refractivity contribution in [3.8, 4) is 11.5 Å². The third kappa shape index (κ3) is 4.50. The zero-order valence-electron chi connectivity index (χ0n) is 15.0. The summed E-state index contributed by atoms with van der Waals surface area (Å²) in [6.07, 6.45) is 0. The molecule has 0 spiro atoms. The second kappa shape index (κ2) is 8.63. The second-order valence-corrected chi connectivity index (χ2v) is 6.45. The fourth-order valence-electron chi connectivity index (χ4n) is 2.65. The van der Waals surface area contributed by atoms with Gasteiger partial charge in [-0.3, -0.25) is 0 Å². The van der Waals surface area contributed by atoms with E-state index in [-0.39, 0.29) is 0 Å². The minimum Gasteiger partial charge on any atom is -0.493 e. The molecule has 1 N–H and O–H groups in total. The van der Waals surface area contributed by atoms with Gasteiger partial charge in [-0.05, 0) is 36.2 Å². The fraction of sp³-hybridized carbons (Fsp3) is 0.182. The Kier molecular flexibility index (Phi) is 6.03. The Bertz CT molecular complexity index is 865. The van der Waals surface area contributed by atoms with Gasteiger partial charge in [-0.2, -0.15) is 0 Å². The van der Waals surface area contributed by atoms with Gasteiger partial charge in [0, 0.05) is 22.8 Å². The second-order valence-electron chi connectivity index (χ2n) is 6.04. The zero-order valence-corrected chi connectivity index (χ0v) is 15.7. The topological polar surface area (TPSA) is 30.5 Å². The molecule has 0 aliphatic rings. The Morgan fingerprint density at radius 3 is 2.50 bits per heavy atom. The van der Waals surface area contributed by atoms with Crippen LogP contribution in [0.2, 0.25) is 5.02 Å². The summed E-state index contributed by atoms with van der Waals surface area (Å²) in [7, 11) is 1.65. The molecule has 0 amide bonds. The number of benzene rings is 3. The maximum atomic E-state index is 6.21. The Morgan fingerprint density at radius 2 is 1.77 bits per heavy atom. The molecule has 4 heteroatoms. The van der Waals surface area contributed by atoms with Crippen LogP contribution in [0.1, 0.15) is 16.7 Å². The van der Waals surface area contributed by atoms with E-state index in [0.717, 1.165) is 38.9 Å². The molecule has 0 fully saturated rings. The largest absolute Gasteiger partial charge is 0.493 e. The summed E-state index contributed by atoms with van der Waals surface area (Å²) in [6.45, 7) is 3.09. The molecule has 3 rings (SSSR count). The van der Waals surface area contributed by atoms with Crippen LogP contribution in [0, 0.1) is 6.92 Å². The summed E-state index contributed by atoms with van der Waals surface area (Å²) in [6, 6.07) is 22.0. The zero-order chi connectivity index (χ0) is 18.4. The number of methoxy groups -OCH3 is 1. The van der Waals surface area contributed by atoms with Gasteiger partial charge in [0.1, 0.15) is 6.61 Å².